The molecule has 4 nitrogen and oxygen atoms in total. The van der Waals surface area contributed by atoms with Gasteiger partial charge in [0, 0.05) is 26.6 Å². The van der Waals surface area contributed by atoms with Gasteiger partial charge in [0.25, 0.3) is 0 Å². The van der Waals surface area contributed by atoms with Crippen molar-refractivity contribution in [2.75, 3.05) is 20.1 Å². The van der Waals surface area contributed by atoms with Crippen molar-refractivity contribution in [3.05, 3.63) is 0 Å². The van der Waals surface area contributed by atoms with E-state index in [0.717, 1.165) is 6.42 Å². The second kappa shape index (κ2) is 6.65. The van der Waals surface area contributed by atoms with Crippen molar-refractivity contribution >= 4 is 23.2 Å². The Hall–Kier alpha value is -0.840. The van der Waals surface area contributed by atoms with Crippen LogP contribution in [-0.4, -0.2) is 36.1 Å². The Morgan fingerprint density at radius 1 is 1.62 bits per heavy atom. The predicted octanol–water partition coefficient (Wildman–Crippen LogP) is 0.714. The summed E-state index contributed by atoms with van der Waals surface area (Å²) in [6.45, 7) is 3.29. The van der Waals surface area contributed by atoms with Crippen LogP contribution in [0.5, 0.6) is 0 Å². The number of hydrogen-bond donors (Lipinski definition) is 2. The van der Waals surface area contributed by atoms with E-state index >= 15 is 0 Å². The molecule has 2 amide bonds. The van der Waals surface area contributed by atoms with Gasteiger partial charge in [-0.15, -0.1) is 0 Å². The summed E-state index contributed by atoms with van der Waals surface area (Å²) in [5, 5.41) is 2.76. The summed E-state index contributed by atoms with van der Waals surface area (Å²) in [6.07, 6.45) is 1.51. The van der Waals surface area contributed by atoms with Crippen molar-refractivity contribution in [2.24, 2.45) is 5.73 Å². The number of amides is 2. The van der Waals surface area contributed by atoms with Crippen molar-refractivity contribution in [1.82, 2.24) is 10.2 Å². The number of carbonyl (C=O) groups is 1. The molecular weight excluding hydrogens is 186 g/mol. The molecule has 0 aromatic heterocycles. The predicted molar refractivity (Wildman–Crippen MR) is 57.7 cm³/mol. The summed E-state index contributed by atoms with van der Waals surface area (Å²) in [5.41, 5.74) is 5.31. The van der Waals surface area contributed by atoms with Crippen LogP contribution in [0.15, 0.2) is 0 Å². The van der Waals surface area contributed by atoms with Gasteiger partial charge in [0.15, 0.2) is 0 Å². The van der Waals surface area contributed by atoms with Gasteiger partial charge in [0.05, 0.1) is 4.99 Å². The van der Waals surface area contributed by atoms with Gasteiger partial charge < -0.3 is 16.0 Å². The lowest BCUT2D eigenvalue weighted by Gasteiger charge is -2.16. The van der Waals surface area contributed by atoms with E-state index in [1.807, 2.05) is 6.92 Å². The summed E-state index contributed by atoms with van der Waals surface area (Å²) in [5.74, 6) is 0. The molecule has 0 atom stereocenters. The summed E-state index contributed by atoms with van der Waals surface area (Å²) < 4.78 is 0. The molecule has 0 aromatic carbocycles. The molecule has 0 bridgehead atoms. The first-order valence-electron chi connectivity index (χ1n) is 4.35. The SMILES string of the molecule is CCCNC(=O)N(C)CCC(N)=S. The summed E-state index contributed by atoms with van der Waals surface area (Å²) in [6, 6.07) is -0.0712. The summed E-state index contributed by atoms with van der Waals surface area (Å²) in [7, 11) is 1.73. The molecule has 0 aliphatic rings. The first-order chi connectivity index (χ1) is 6.07. The van der Waals surface area contributed by atoms with Crippen molar-refractivity contribution < 1.29 is 4.79 Å². The first-order valence-corrected chi connectivity index (χ1v) is 4.76. The molecular formula is C8H17N3OS. The van der Waals surface area contributed by atoms with Crippen molar-refractivity contribution in [1.29, 1.82) is 0 Å². The molecule has 76 valence electrons. The highest BCUT2D eigenvalue weighted by Crippen LogP contribution is 1.89. The minimum Gasteiger partial charge on any atom is -0.393 e. The van der Waals surface area contributed by atoms with Gasteiger partial charge in [-0.25, -0.2) is 4.79 Å². The fourth-order valence-corrected chi connectivity index (χ4v) is 0.838. The highest BCUT2D eigenvalue weighted by atomic mass is 32.1. The van der Waals surface area contributed by atoms with E-state index in [4.69, 9.17) is 18.0 Å². The van der Waals surface area contributed by atoms with Crippen LogP contribution in [0.1, 0.15) is 19.8 Å². The van der Waals surface area contributed by atoms with Gasteiger partial charge in [-0.05, 0) is 6.42 Å². The van der Waals surface area contributed by atoms with E-state index in [2.05, 4.69) is 5.32 Å². The minimum absolute atomic E-state index is 0.0712. The molecule has 5 heteroatoms. The lowest BCUT2D eigenvalue weighted by atomic mass is 10.4. The van der Waals surface area contributed by atoms with Crippen molar-refractivity contribution in [3.63, 3.8) is 0 Å². The lowest BCUT2D eigenvalue weighted by molar-refractivity contribution is 0.210. The second-order valence-electron chi connectivity index (χ2n) is 2.87. The third-order valence-electron chi connectivity index (χ3n) is 1.57. The zero-order chi connectivity index (χ0) is 10.3. The summed E-state index contributed by atoms with van der Waals surface area (Å²) in [4.78, 5) is 13.3. The fourth-order valence-electron chi connectivity index (χ4n) is 0.746. The number of rotatable bonds is 5. The van der Waals surface area contributed by atoms with Crippen molar-refractivity contribution in [2.45, 2.75) is 19.8 Å². The molecule has 0 aliphatic carbocycles. The highest BCUT2D eigenvalue weighted by Gasteiger charge is 2.06. The van der Waals surface area contributed by atoms with Gasteiger partial charge >= 0.3 is 6.03 Å². The lowest BCUT2D eigenvalue weighted by Crippen LogP contribution is -2.38. The highest BCUT2D eigenvalue weighted by molar-refractivity contribution is 7.80. The maximum Gasteiger partial charge on any atom is 0.317 e. The van der Waals surface area contributed by atoms with E-state index in [9.17, 15) is 4.79 Å². The Bertz CT molecular complexity index is 184. The Morgan fingerprint density at radius 3 is 2.69 bits per heavy atom. The Balaban J connectivity index is 3.62. The summed E-state index contributed by atoms with van der Waals surface area (Å²) >= 11 is 4.71. The van der Waals surface area contributed by atoms with Gasteiger partial charge in [-0.2, -0.15) is 0 Å². The standard InChI is InChI=1S/C8H17N3OS/c1-3-5-10-8(12)11(2)6-4-7(9)13/h3-6H2,1-2H3,(H2,9,13)(H,10,12). The van der Waals surface area contributed by atoms with Crippen LogP contribution in [0.4, 0.5) is 4.79 Å². The average Bonchev–Trinajstić information content (AvgIpc) is 2.10. The third-order valence-corrected chi connectivity index (χ3v) is 1.77. The van der Waals surface area contributed by atoms with E-state index in [1.165, 1.54) is 0 Å². The van der Waals surface area contributed by atoms with Gasteiger partial charge in [-0.3, -0.25) is 0 Å². The molecule has 13 heavy (non-hydrogen) atoms. The number of nitrogens with zero attached hydrogens (tertiary/aromatic N) is 1. The van der Waals surface area contributed by atoms with Crippen LogP contribution >= 0.6 is 12.2 Å². The Morgan fingerprint density at radius 2 is 2.23 bits per heavy atom. The molecule has 3 N–H and O–H groups in total. The molecule has 0 spiro atoms. The van der Waals surface area contributed by atoms with Crippen LogP contribution < -0.4 is 11.1 Å². The van der Waals surface area contributed by atoms with E-state index in [1.54, 1.807) is 11.9 Å². The molecule has 0 radical (unpaired) electrons. The van der Waals surface area contributed by atoms with Gasteiger partial charge in [-0.1, -0.05) is 19.1 Å². The molecule has 0 rings (SSSR count). The molecule has 0 fully saturated rings. The smallest absolute Gasteiger partial charge is 0.317 e. The largest absolute Gasteiger partial charge is 0.393 e. The first kappa shape index (κ1) is 12.2. The van der Waals surface area contributed by atoms with Crippen LogP contribution in [0.25, 0.3) is 0 Å². The van der Waals surface area contributed by atoms with Gasteiger partial charge in [0.2, 0.25) is 0 Å². The van der Waals surface area contributed by atoms with E-state index < -0.39 is 0 Å². The molecule has 0 aromatic rings. The number of urea groups is 1. The molecule has 0 saturated heterocycles. The van der Waals surface area contributed by atoms with Crippen molar-refractivity contribution in [3.8, 4) is 0 Å². The zero-order valence-corrected chi connectivity index (χ0v) is 8.99. The topological polar surface area (TPSA) is 58.4 Å². The molecule has 0 heterocycles. The third kappa shape index (κ3) is 6.33. The normalized spacial score (nSPS) is 9.38. The zero-order valence-electron chi connectivity index (χ0n) is 8.17. The fraction of sp³-hybridized carbons (Fsp3) is 0.750. The van der Waals surface area contributed by atoms with Crippen LogP contribution in [0.2, 0.25) is 0 Å². The van der Waals surface area contributed by atoms with E-state index in [-0.39, 0.29) is 6.03 Å². The average molecular weight is 203 g/mol. The monoisotopic (exact) mass is 203 g/mol. The maximum absolute atomic E-state index is 11.2. The number of carbonyl (C=O) groups excluding carboxylic acids is 1. The molecule has 0 unspecified atom stereocenters. The second-order valence-corrected chi connectivity index (χ2v) is 3.39. The van der Waals surface area contributed by atoms with Gasteiger partial charge in [0.1, 0.15) is 0 Å². The molecule has 0 aliphatic heterocycles. The van der Waals surface area contributed by atoms with Crippen LogP contribution in [-0.2, 0) is 0 Å². The number of nitrogens with two attached hydrogens (primary N) is 1. The maximum atomic E-state index is 11.2. The molecule has 0 saturated carbocycles. The van der Waals surface area contributed by atoms with Crippen LogP contribution in [0, 0.1) is 0 Å². The van der Waals surface area contributed by atoms with E-state index in [0.29, 0.717) is 24.5 Å². The number of nitrogens with one attached hydrogen (secondary N) is 1. The minimum atomic E-state index is -0.0712. The number of hydrogen-bond acceptors (Lipinski definition) is 2. The number of thiocarbonyl (C=S) groups is 1. The Labute approximate surface area is 84.5 Å². The Kier molecular flexibility index (Phi) is 6.22. The van der Waals surface area contributed by atoms with Crippen LogP contribution in [0.3, 0.4) is 0 Å². The quantitative estimate of drug-likeness (QED) is 0.647.